The van der Waals surface area contributed by atoms with Gasteiger partial charge in [0.1, 0.15) is 30.9 Å². The van der Waals surface area contributed by atoms with Gasteiger partial charge in [0, 0.05) is 18.7 Å². The minimum Gasteiger partial charge on any atom is -0.497 e. The lowest BCUT2D eigenvalue weighted by Crippen LogP contribution is -2.32. The summed E-state index contributed by atoms with van der Waals surface area (Å²) in [7, 11) is 1.51. The van der Waals surface area contributed by atoms with Crippen molar-refractivity contribution in [3.8, 4) is 5.75 Å². The molecule has 26 heavy (non-hydrogen) atoms. The van der Waals surface area contributed by atoms with Crippen LogP contribution < -0.4 is 16.0 Å². The van der Waals surface area contributed by atoms with Crippen LogP contribution in [0.4, 0.5) is 4.39 Å². The number of aromatic amines is 1. The zero-order valence-corrected chi connectivity index (χ0v) is 13.9. The van der Waals surface area contributed by atoms with Crippen molar-refractivity contribution in [2.24, 2.45) is 0 Å². The molecule has 8 nitrogen and oxygen atoms in total. The molecular weight excluding hydrogens is 347 g/mol. The number of alkyl halides is 1. The lowest BCUT2D eigenvalue weighted by molar-refractivity contribution is -0.0439. The number of hydrogen-bond acceptors (Lipinski definition) is 6. The molecule has 9 heteroatoms. The van der Waals surface area contributed by atoms with E-state index in [4.69, 9.17) is 14.2 Å². The number of rotatable bonds is 5. The van der Waals surface area contributed by atoms with Gasteiger partial charge in [0.15, 0.2) is 0 Å². The molecule has 0 amide bonds. The Kier molecular flexibility index (Phi) is 5.17. The molecule has 3 rings (SSSR count). The number of benzene rings is 1. The Morgan fingerprint density at radius 1 is 1.31 bits per heavy atom. The number of carbonyl (C=O) groups is 1. The number of ether oxygens (including phenoxy) is 3. The largest absolute Gasteiger partial charge is 0.497 e. The molecule has 0 unspecified atom stereocenters. The van der Waals surface area contributed by atoms with Crippen LogP contribution in [0.2, 0.25) is 0 Å². The van der Waals surface area contributed by atoms with Gasteiger partial charge in [0.2, 0.25) is 0 Å². The molecule has 1 aliphatic heterocycles. The minimum atomic E-state index is -1.41. The quantitative estimate of drug-likeness (QED) is 0.796. The van der Waals surface area contributed by atoms with Gasteiger partial charge in [-0.15, -0.1) is 0 Å². The monoisotopic (exact) mass is 364 g/mol. The number of methoxy groups -OCH3 is 1. The molecule has 2 heterocycles. The first-order valence-corrected chi connectivity index (χ1v) is 7.90. The molecule has 1 saturated heterocycles. The van der Waals surface area contributed by atoms with Gasteiger partial charge in [0.05, 0.1) is 12.7 Å². The van der Waals surface area contributed by atoms with Crippen LogP contribution in [0, 0.1) is 0 Å². The maximum absolute atomic E-state index is 14.2. The highest BCUT2D eigenvalue weighted by Gasteiger charge is 2.37. The van der Waals surface area contributed by atoms with Crippen LogP contribution in [-0.2, 0) is 9.47 Å². The fraction of sp³-hybridized carbons (Fsp3) is 0.353. The summed E-state index contributed by atoms with van der Waals surface area (Å²) < 4.78 is 30.8. The van der Waals surface area contributed by atoms with Gasteiger partial charge < -0.3 is 14.2 Å². The highest BCUT2D eigenvalue weighted by molar-refractivity contribution is 5.89. The zero-order chi connectivity index (χ0) is 18.7. The van der Waals surface area contributed by atoms with Gasteiger partial charge in [-0.05, 0) is 24.3 Å². The Morgan fingerprint density at radius 2 is 2.04 bits per heavy atom. The third kappa shape index (κ3) is 3.83. The average Bonchev–Trinajstić information content (AvgIpc) is 3.00. The first-order chi connectivity index (χ1) is 12.5. The van der Waals surface area contributed by atoms with E-state index in [0.717, 1.165) is 10.6 Å². The maximum atomic E-state index is 14.2. The van der Waals surface area contributed by atoms with E-state index >= 15 is 0 Å². The number of nitrogens with zero attached hydrogens (tertiary/aromatic N) is 1. The van der Waals surface area contributed by atoms with Crippen LogP contribution >= 0.6 is 0 Å². The van der Waals surface area contributed by atoms with Crippen LogP contribution in [-0.4, -0.2) is 41.5 Å². The summed E-state index contributed by atoms with van der Waals surface area (Å²) >= 11 is 0. The molecule has 138 valence electrons. The highest BCUT2D eigenvalue weighted by atomic mass is 19.1. The second-order valence-electron chi connectivity index (χ2n) is 5.73. The predicted molar refractivity (Wildman–Crippen MR) is 88.0 cm³/mol. The molecule has 1 aromatic carbocycles. The SMILES string of the molecule is COc1ccc(C(=O)OC[C@H]2O[C@@H](n3ccc(=O)[nH]c3=O)C[C@@H]2F)cc1. The first kappa shape index (κ1) is 17.9. The van der Waals surface area contributed by atoms with Crippen molar-refractivity contribution in [1.29, 1.82) is 0 Å². The minimum absolute atomic E-state index is 0.0866. The topological polar surface area (TPSA) is 99.6 Å². The van der Waals surface area contributed by atoms with E-state index in [9.17, 15) is 18.8 Å². The van der Waals surface area contributed by atoms with Gasteiger partial charge in [-0.3, -0.25) is 14.3 Å². The van der Waals surface area contributed by atoms with Gasteiger partial charge >= 0.3 is 11.7 Å². The molecule has 0 saturated carbocycles. The van der Waals surface area contributed by atoms with Crippen molar-refractivity contribution >= 4 is 5.97 Å². The Labute approximate surface area is 147 Å². The molecule has 1 N–H and O–H groups in total. The summed E-state index contributed by atoms with van der Waals surface area (Å²) in [6.07, 6.45) is -2.14. The van der Waals surface area contributed by atoms with Crippen molar-refractivity contribution in [3.63, 3.8) is 0 Å². The molecule has 1 aliphatic rings. The van der Waals surface area contributed by atoms with E-state index in [-0.39, 0.29) is 13.0 Å². The summed E-state index contributed by atoms with van der Waals surface area (Å²) in [4.78, 5) is 36.9. The van der Waals surface area contributed by atoms with Crippen molar-refractivity contribution in [2.45, 2.75) is 24.9 Å². The Morgan fingerprint density at radius 3 is 2.69 bits per heavy atom. The van der Waals surface area contributed by atoms with Crippen molar-refractivity contribution in [1.82, 2.24) is 9.55 Å². The van der Waals surface area contributed by atoms with Crippen LogP contribution in [0.25, 0.3) is 0 Å². The molecule has 0 spiro atoms. The highest BCUT2D eigenvalue weighted by Crippen LogP contribution is 2.30. The Balaban J connectivity index is 1.60. The molecule has 0 radical (unpaired) electrons. The van der Waals surface area contributed by atoms with E-state index in [1.54, 1.807) is 12.1 Å². The van der Waals surface area contributed by atoms with Crippen molar-refractivity contribution < 1.29 is 23.4 Å². The normalized spacial score (nSPS) is 22.2. The van der Waals surface area contributed by atoms with Gasteiger partial charge in [-0.25, -0.2) is 14.0 Å². The second-order valence-corrected chi connectivity index (χ2v) is 5.73. The van der Waals surface area contributed by atoms with Crippen LogP contribution in [0.3, 0.4) is 0 Å². The zero-order valence-electron chi connectivity index (χ0n) is 13.9. The van der Waals surface area contributed by atoms with E-state index in [1.807, 2.05) is 0 Å². The Bertz CT molecular complexity index is 891. The lowest BCUT2D eigenvalue weighted by atomic mass is 10.2. The maximum Gasteiger partial charge on any atom is 0.338 e. The Hall–Kier alpha value is -2.94. The third-order valence-electron chi connectivity index (χ3n) is 4.03. The molecule has 1 fully saturated rings. The molecule has 0 aliphatic carbocycles. The number of carbonyl (C=O) groups excluding carboxylic acids is 1. The van der Waals surface area contributed by atoms with Gasteiger partial charge in [0.25, 0.3) is 5.56 Å². The molecular formula is C17H17FN2O6. The molecule has 3 atom stereocenters. The van der Waals surface area contributed by atoms with Crippen LogP contribution in [0.1, 0.15) is 23.0 Å². The molecule has 2 aromatic rings. The summed E-state index contributed by atoms with van der Waals surface area (Å²) in [5.41, 5.74) is -0.941. The van der Waals surface area contributed by atoms with Crippen LogP contribution in [0.15, 0.2) is 46.1 Å². The smallest absolute Gasteiger partial charge is 0.338 e. The molecule has 1 aromatic heterocycles. The average molecular weight is 364 g/mol. The number of esters is 1. The van der Waals surface area contributed by atoms with E-state index in [2.05, 4.69) is 4.98 Å². The standard InChI is InChI=1S/C17H17FN2O6/c1-24-11-4-2-10(3-5-11)16(22)25-9-13-12(18)8-15(26-13)20-7-6-14(21)19-17(20)23/h2-7,12-13,15H,8-9H2,1H3,(H,19,21,23)/t12-,13+,15+/m0/s1. The summed E-state index contributed by atoms with van der Waals surface area (Å²) in [6.45, 7) is -0.291. The van der Waals surface area contributed by atoms with Gasteiger partial charge in [-0.2, -0.15) is 0 Å². The summed E-state index contributed by atoms with van der Waals surface area (Å²) in [6, 6.07) is 7.44. The summed E-state index contributed by atoms with van der Waals surface area (Å²) in [5.74, 6) is -0.0215. The predicted octanol–water partition coefficient (Wildman–Crippen LogP) is 1.03. The third-order valence-corrected chi connectivity index (χ3v) is 4.03. The lowest BCUT2D eigenvalue weighted by Gasteiger charge is -2.15. The number of hydrogen-bond donors (Lipinski definition) is 1. The second kappa shape index (κ2) is 7.52. The van der Waals surface area contributed by atoms with Gasteiger partial charge in [-0.1, -0.05) is 0 Å². The van der Waals surface area contributed by atoms with E-state index in [0.29, 0.717) is 11.3 Å². The number of H-pyrrole nitrogens is 1. The van der Waals surface area contributed by atoms with Crippen molar-refractivity contribution in [3.05, 3.63) is 62.9 Å². The fourth-order valence-electron chi connectivity index (χ4n) is 2.63. The first-order valence-electron chi connectivity index (χ1n) is 7.90. The van der Waals surface area contributed by atoms with Crippen LogP contribution in [0.5, 0.6) is 5.75 Å². The van der Waals surface area contributed by atoms with E-state index < -0.39 is 35.7 Å². The number of aromatic nitrogens is 2. The number of halogens is 1. The summed E-state index contributed by atoms with van der Waals surface area (Å²) in [5, 5.41) is 0. The van der Waals surface area contributed by atoms with Crippen molar-refractivity contribution in [2.75, 3.05) is 13.7 Å². The molecule has 0 bridgehead atoms. The van der Waals surface area contributed by atoms with E-state index in [1.165, 1.54) is 25.4 Å². The fourth-order valence-corrected chi connectivity index (χ4v) is 2.63. The number of nitrogens with one attached hydrogen (secondary N) is 1.